The van der Waals surface area contributed by atoms with Gasteiger partial charge in [-0.15, -0.1) is 10.2 Å². The van der Waals surface area contributed by atoms with Crippen molar-refractivity contribution in [2.75, 3.05) is 0 Å². The summed E-state index contributed by atoms with van der Waals surface area (Å²) in [7, 11) is -2.26. The molecule has 0 saturated carbocycles. The number of nitrogens with zero attached hydrogens (tertiary/aromatic N) is 3. The summed E-state index contributed by atoms with van der Waals surface area (Å²) in [6.45, 7) is 2.67. The molecule has 1 aromatic heterocycles. The van der Waals surface area contributed by atoms with Gasteiger partial charge in [-0.3, -0.25) is 4.79 Å². The fourth-order valence-electron chi connectivity index (χ4n) is 1.22. The van der Waals surface area contributed by atoms with E-state index in [-0.39, 0.29) is 0 Å². The zero-order valence-corrected chi connectivity index (χ0v) is 10.5. The molecule has 2 unspecified atom stereocenters. The third-order valence-corrected chi connectivity index (χ3v) is 4.10. The average molecular weight is 262 g/mol. The van der Waals surface area contributed by atoms with Crippen molar-refractivity contribution in [1.29, 1.82) is 0 Å². The van der Waals surface area contributed by atoms with Gasteiger partial charge in [0.1, 0.15) is 12.2 Å². The molecule has 2 atom stereocenters. The molecule has 0 spiro atoms. The topological polar surface area (TPSA) is 114 Å². The molecule has 96 valence electrons. The maximum absolute atomic E-state index is 11.6. The zero-order valence-electron chi connectivity index (χ0n) is 9.65. The molecule has 0 aliphatic carbocycles. The van der Waals surface area contributed by atoms with Crippen LogP contribution in [0.2, 0.25) is 0 Å². The normalized spacial score (nSPS) is 15.5. The van der Waals surface area contributed by atoms with Crippen molar-refractivity contribution >= 4 is 16.0 Å². The lowest BCUT2D eigenvalue weighted by molar-refractivity contribution is -0.136. The van der Waals surface area contributed by atoms with E-state index in [1.807, 2.05) is 0 Å². The average Bonchev–Trinajstić information content (AvgIpc) is 2.62. The third kappa shape index (κ3) is 3.01. The van der Waals surface area contributed by atoms with E-state index in [1.165, 1.54) is 6.33 Å². The molecule has 8 nitrogen and oxygen atoms in total. The number of rotatable bonds is 5. The van der Waals surface area contributed by atoms with Gasteiger partial charge in [-0.1, -0.05) is 0 Å². The van der Waals surface area contributed by atoms with Crippen LogP contribution in [0.3, 0.4) is 0 Å². The Balaban J connectivity index is 2.86. The van der Waals surface area contributed by atoms with E-state index in [4.69, 9.17) is 5.11 Å². The van der Waals surface area contributed by atoms with E-state index in [0.29, 0.717) is 5.82 Å². The van der Waals surface area contributed by atoms with Gasteiger partial charge < -0.3 is 9.67 Å². The summed E-state index contributed by atoms with van der Waals surface area (Å²) in [4.78, 5) is 10.6. The van der Waals surface area contributed by atoms with Crippen LogP contribution in [0.25, 0.3) is 0 Å². The van der Waals surface area contributed by atoms with Crippen molar-refractivity contribution in [3.63, 3.8) is 0 Å². The van der Waals surface area contributed by atoms with E-state index in [1.54, 1.807) is 18.5 Å². The van der Waals surface area contributed by atoms with E-state index in [0.717, 1.165) is 6.92 Å². The molecule has 0 fully saturated rings. The molecule has 0 aromatic carbocycles. The second-order valence-corrected chi connectivity index (χ2v) is 5.70. The molecular weight excluding hydrogens is 248 g/mol. The van der Waals surface area contributed by atoms with Crippen LogP contribution in [0.15, 0.2) is 6.33 Å². The Labute approximate surface area is 98.7 Å². The summed E-state index contributed by atoms with van der Waals surface area (Å²) in [5.74, 6) is -0.992. The molecule has 0 aliphatic rings. The summed E-state index contributed by atoms with van der Waals surface area (Å²) < 4.78 is 27.1. The lowest BCUT2D eigenvalue weighted by atomic mass is 10.3. The van der Waals surface area contributed by atoms with Crippen LogP contribution in [0.5, 0.6) is 0 Å². The van der Waals surface area contributed by atoms with Crippen LogP contribution in [-0.2, 0) is 21.9 Å². The Kier molecular flexibility index (Phi) is 3.83. The van der Waals surface area contributed by atoms with E-state index < -0.39 is 27.3 Å². The second kappa shape index (κ2) is 4.80. The smallest absolute Gasteiger partial charge is 0.323 e. The number of hydrogen-bond donors (Lipinski definition) is 2. The van der Waals surface area contributed by atoms with Gasteiger partial charge in [0.15, 0.2) is 5.25 Å². The lowest BCUT2D eigenvalue weighted by Crippen LogP contribution is -2.39. The number of aromatic nitrogens is 3. The number of aryl methyl sites for hydroxylation is 1. The van der Waals surface area contributed by atoms with Crippen LogP contribution in [-0.4, -0.2) is 39.5 Å². The number of carbonyl (C=O) groups is 1. The summed E-state index contributed by atoms with van der Waals surface area (Å²) in [5.41, 5.74) is 0. The summed E-state index contributed by atoms with van der Waals surface area (Å²) in [5, 5.41) is 14.5. The van der Waals surface area contributed by atoms with Gasteiger partial charge in [0, 0.05) is 7.05 Å². The molecule has 9 heteroatoms. The van der Waals surface area contributed by atoms with Crippen molar-refractivity contribution in [2.24, 2.45) is 7.05 Å². The Morgan fingerprint density at radius 1 is 1.53 bits per heavy atom. The molecule has 0 amide bonds. The minimum atomic E-state index is -3.93. The second-order valence-electron chi connectivity index (χ2n) is 3.67. The molecule has 1 aromatic rings. The van der Waals surface area contributed by atoms with Gasteiger partial charge in [-0.05, 0) is 13.8 Å². The minimum absolute atomic E-state index is 0.408. The van der Waals surface area contributed by atoms with Crippen LogP contribution in [0.4, 0.5) is 0 Å². The standard InChI is InChI=1S/C8H14N4O4S/c1-5(7-10-9-4-12(7)3)11-17(15,16)6(2)8(13)14/h4-6,11H,1-3H3,(H,13,14). The first-order valence-corrected chi connectivity index (χ1v) is 6.38. The number of sulfonamides is 1. The summed E-state index contributed by atoms with van der Waals surface area (Å²) >= 11 is 0. The maximum atomic E-state index is 11.6. The van der Waals surface area contributed by atoms with Crippen molar-refractivity contribution < 1.29 is 18.3 Å². The first-order valence-electron chi connectivity index (χ1n) is 4.83. The van der Waals surface area contributed by atoms with E-state index in [2.05, 4.69) is 14.9 Å². The summed E-state index contributed by atoms with van der Waals surface area (Å²) in [6.07, 6.45) is 1.43. The first-order chi connectivity index (χ1) is 7.75. The van der Waals surface area contributed by atoms with E-state index in [9.17, 15) is 13.2 Å². The van der Waals surface area contributed by atoms with Crippen LogP contribution >= 0.6 is 0 Å². The number of hydrogen-bond acceptors (Lipinski definition) is 5. The number of aliphatic carboxylic acids is 1. The molecule has 1 heterocycles. The fraction of sp³-hybridized carbons (Fsp3) is 0.625. The predicted molar refractivity (Wildman–Crippen MR) is 58.6 cm³/mol. The van der Waals surface area contributed by atoms with Gasteiger partial charge in [0.05, 0.1) is 6.04 Å². The van der Waals surface area contributed by atoms with Crippen molar-refractivity contribution in [3.8, 4) is 0 Å². The number of carboxylic acids is 1. The zero-order chi connectivity index (χ0) is 13.2. The van der Waals surface area contributed by atoms with Crippen LogP contribution in [0.1, 0.15) is 25.7 Å². The molecule has 1 rings (SSSR count). The van der Waals surface area contributed by atoms with Gasteiger partial charge in [0.2, 0.25) is 10.0 Å². The van der Waals surface area contributed by atoms with Crippen molar-refractivity contribution in [2.45, 2.75) is 25.1 Å². The highest BCUT2D eigenvalue weighted by atomic mass is 32.2. The molecule has 0 saturated heterocycles. The van der Waals surface area contributed by atoms with Crippen LogP contribution < -0.4 is 4.72 Å². The highest BCUT2D eigenvalue weighted by Crippen LogP contribution is 2.11. The Hall–Kier alpha value is -1.48. The Morgan fingerprint density at radius 2 is 2.12 bits per heavy atom. The highest BCUT2D eigenvalue weighted by Gasteiger charge is 2.30. The first kappa shape index (κ1) is 13.6. The quantitative estimate of drug-likeness (QED) is 0.723. The fourth-order valence-corrected chi connectivity index (χ4v) is 2.29. The Morgan fingerprint density at radius 3 is 2.53 bits per heavy atom. The molecule has 2 N–H and O–H groups in total. The highest BCUT2D eigenvalue weighted by molar-refractivity contribution is 7.90. The summed E-state index contributed by atoms with van der Waals surface area (Å²) in [6, 6.07) is -0.644. The lowest BCUT2D eigenvalue weighted by Gasteiger charge is -2.15. The number of nitrogens with one attached hydrogen (secondary N) is 1. The van der Waals surface area contributed by atoms with Gasteiger partial charge in [-0.25, -0.2) is 13.1 Å². The molecule has 0 aliphatic heterocycles. The SMILES string of the molecule is CC(NS(=O)(=O)C(C)C(=O)O)c1nncn1C. The van der Waals surface area contributed by atoms with Gasteiger partial charge in [-0.2, -0.15) is 0 Å². The molecule has 17 heavy (non-hydrogen) atoms. The third-order valence-electron chi connectivity index (χ3n) is 2.29. The minimum Gasteiger partial charge on any atom is -0.480 e. The van der Waals surface area contributed by atoms with Crippen LogP contribution in [0, 0.1) is 0 Å². The predicted octanol–water partition coefficient (Wildman–Crippen LogP) is -0.731. The van der Waals surface area contributed by atoms with Crippen molar-refractivity contribution in [3.05, 3.63) is 12.2 Å². The van der Waals surface area contributed by atoms with Gasteiger partial charge >= 0.3 is 5.97 Å². The number of carboxylic acid groups (broad SMARTS) is 1. The molecular formula is C8H14N4O4S. The Bertz CT molecular complexity index is 509. The largest absolute Gasteiger partial charge is 0.480 e. The van der Waals surface area contributed by atoms with Gasteiger partial charge in [0.25, 0.3) is 0 Å². The van der Waals surface area contributed by atoms with Crippen molar-refractivity contribution in [1.82, 2.24) is 19.5 Å². The van der Waals surface area contributed by atoms with E-state index >= 15 is 0 Å². The maximum Gasteiger partial charge on any atom is 0.323 e. The monoisotopic (exact) mass is 262 g/mol. The molecule has 0 radical (unpaired) electrons. The molecule has 0 bridgehead atoms.